The Morgan fingerprint density at radius 1 is 1.41 bits per heavy atom. The molecule has 0 aromatic heterocycles. The lowest BCUT2D eigenvalue weighted by atomic mass is 10.2. The van der Waals surface area contributed by atoms with E-state index in [1.807, 2.05) is 24.3 Å². The lowest BCUT2D eigenvalue weighted by Gasteiger charge is -2.25. The maximum Gasteiger partial charge on any atom is 0.257 e. The van der Waals surface area contributed by atoms with E-state index in [-0.39, 0.29) is 6.10 Å². The van der Waals surface area contributed by atoms with Crippen molar-refractivity contribution in [3.8, 4) is 11.5 Å². The molecule has 1 heterocycles. The second kappa shape index (κ2) is 5.72. The minimum atomic E-state index is 0.00802. The molecule has 1 unspecified atom stereocenters. The van der Waals surface area contributed by atoms with E-state index in [0.29, 0.717) is 11.8 Å². The molecular formula is C12H15NO3S. The molecular weight excluding hydrogens is 238 g/mol. The van der Waals surface area contributed by atoms with Crippen LogP contribution in [0.3, 0.4) is 0 Å². The van der Waals surface area contributed by atoms with Gasteiger partial charge in [0.05, 0.1) is 7.11 Å². The lowest BCUT2D eigenvalue weighted by molar-refractivity contribution is 0.0942. The fourth-order valence-corrected chi connectivity index (χ4v) is 1.86. The van der Waals surface area contributed by atoms with Crippen LogP contribution < -0.4 is 14.8 Å². The van der Waals surface area contributed by atoms with Crippen molar-refractivity contribution in [2.75, 3.05) is 20.3 Å². The maximum atomic E-state index is 5.68. The first-order valence-corrected chi connectivity index (χ1v) is 5.90. The fraction of sp³-hybridized carbons (Fsp3) is 0.417. The number of hydrogen-bond donors (Lipinski definition) is 1. The summed E-state index contributed by atoms with van der Waals surface area (Å²) in [7, 11) is 1.62. The lowest BCUT2D eigenvalue weighted by Crippen LogP contribution is -2.40. The molecule has 1 aromatic rings. The van der Waals surface area contributed by atoms with Crippen LogP contribution in [-0.4, -0.2) is 31.5 Å². The van der Waals surface area contributed by atoms with Gasteiger partial charge in [-0.1, -0.05) is 12.1 Å². The summed E-state index contributed by atoms with van der Waals surface area (Å²) in [4.78, 5) is 0. The standard InChI is InChI=1S/C12H15NO3S/c1-14-10-4-2-3-5-11(10)15-8-9-6-7-13-12(17)16-9/h2-5,9H,6-8H2,1H3,(H,13,17). The van der Waals surface area contributed by atoms with E-state index < -0.39 is 0 Å². The Morgan fingerprint density at radius 3 is 2.88 bits per heavy atom. The van der Waals surface area contributed by atoms with Gasteiger partial charge in [-0.05, 0) is 24.4 Å². The first-order chi connectivity index (χ1) is 8.29. The van der Waals surface area contributed by atoms with Gasteiger partial charge in [0.2, 0.25) is 0 Å². The van der Waals surface area contributed by atoms with Crippen LogP contribution in [0.2, 0.25) is 0 Å². The molecule has 1 atom stereocenters. The molecule has 0 radical (unpaired) electrons. The van der Waals surface area contributed by atoms with Gasteiger partial charge in [0.15, 0.2) is 11.5 Å². The summed E-state index contributed by atoms with van der Waals surface area (Å²) in [6, 6.07) is 7.55. The summed E-state index contributed by atoms with van der Waals surface area (Å²) in [6.45, 7) is 1.31. The molecule has 0 amide bonds. The number of nitrogens with one attached hydrogen (secondary N) is 1. The Hall–Kier alpha value is -1.49. The molecule has 1 saturated heterocycles. The van der Waals surface area contributed by atoms with Gasteiger partial charge in [-0.15, -0.1) is 0 Å². The highest BCUT2D eigenvalue weighted by molar-refractivity contribution is 7.80. The van der Waals surface area contributed by atoms with Gasteiger partial charge in [-0.25, -0.2) is 0 Å². The van der Waals surface area contributed by atoms with Crippen molar-refractivity contribution in [3.05, 3.63) is 24.3 Å². The van der Waals surface area contributed by atoms with Crippen LogP contribution in [0.15, 0.2) is 24.3 Å². The van der Waals surface area contributed by atoms with Crippen LogP contribution >= 0.6 is 12.2 Å². The van der Waals surface area contributed by atoms with Crippen LogP contribution in [0.25, 0.3) is 0 Å². The maximum absolute atomic E-state index is 5.68. The van der Waals surface area contributed by atoms with E-state index in [4.69, 9.17) is 26.4 Å². The van der Waals surface area contributed by atoms with Crippen LogP contribution in [-0.2, 0) is 4.74 Å². The van der Waals surface area contributed by atoms with Crippen molar-refractivity contribution in [3.63, 3.8) is 0 Å². The van der Waals surface area contributed by atoms with E-state index in [0.717, 1.165) is 24.5 Å². The summed E-state index contributed by atoms with van der Waals surface area (Å²) in [5, 5.41) is 3.41. The highest BCUT2D eigenvalue weighted by Gasteiger charge is 2.18. The van der Waals surface area contributed by atoms with Gasteiger partial charge >= 0.3 is 0 Å². The van der Waals surface area contributed by atoms with Crippen molar-refractivity contribution in [1.29, 1.82) is 0 Å². The molecule has 17 heavy (non-hydrogen) atoms. The summed E-state index contributed by atoms with van der Waals surface area (Å²) in [5.41, 5.74) is 0. The molecule has 5 heteroatoms. The summed E-state index contributed by atoms with van der Waals surface area (Å²) >= 11 is 4.95. The average molecular weight is 253 g/mol. The van der Waals surface area contributed by atoms with Crippen molar-refractivity contribution >= 4 is 17.4 Å². The number of rotatable bonds is 4. The zero-order chi connectivity index (χ0) is 12.1. The number of ether oxygens (including phenoxy) is 3. The van der Waals surface area contributed by atoms with Crippen molar-refractivity contribution < 1.29 is 14.2 Å². The summed E-state index contributed by atoms with van der Waals surface area (Å²) < 4.78 is 16.3. The second-order valence-corrected chi connectivity index (χ2v) is 4.08. The van der Waals surface area contributed by atoms with Gasteiger partial charge in [-0.2, -0.15) is 0 Å². The molecule has 0 aliphatic carbocycles. The fourth-order valence-electron chi connectivity index (χ4n) is 1.63. The normalized spacial score (nSPS) is 19.1. The molecule has 92 valence electrons. The first kappa shape index (κ1) is 12.0. The first-order valence-electron chi connectivity index (χ1n) is 5.50. The van der Waals surface area contributed by atoms with Gasteiger partial charge in [0.1, 0.15) is 12.7 Å². The molecule has 4 nitrogen and oxygen atoms in total. The molecule has 0 bridgehead atoms. The van der Waals surface area contributed by atoms with E-state index >= 15 is 0 Å². The quantitative estimate of drug-likeness (QED) is 0.828. The Bertz CT molecular complexity index is 397. The van der Waals surface area contributed by atoms with E-state index in [1.165, 1.54) is 0 Å². The molecule has 1 N–H and O–H groups in total. The minimum absolute atomic E-state index is 0.00802. The molecule has 0 saturated carbocycles. The molecule has 1 aromatic carbocycles. The molecule has 2 rings (SSSR count). The topological polar surface area (TPSA) is 39.7 Å². The Labute approximate surface area is 106 Å². The number of para-hydroxylation sites is 2. The summed E-state index contributed by atoms with van der Waals surface area (Å²) in [6.07, 6.45) is 0.892. The number of methoxy groups -OCH3 is 1. The number of hydrogen-bond acceptors (Lipinski definition) is 4. The summed E-state index contributed by atoms with van der Waals surface area (Å²) in [5.74, 6) is 1.45. The van der Waals surface area contributed by atoms with E-state index in [1.54, 1.807) is 7.11 Å². The monoisotopic (exact) mass is 253 g/mol. The third-order valence-electron chi connectivity index (χ3n) is 2.50. The number of thiocarbonyl (C=S) groups is 1. The van der Waals surface area contributed by atoms with Crippen molar-refractivity contribution in [2.45, 2.75) is 12.5 Å². The highest BCUT2D eigenvalue weighted by atomic mass is 32.1. The van der Waals surface area contributed by atoms with Crippen molar-refractivity contribution in [2.24, 2.45) is 0 Å². The minimum Gasteiger partial charge on any atom is -0.493 e. The van der Waals surface area contributed by atoms with Gasteiger partial charge in [0.25, 0.3) is 5.17 Å². The third kappa shape index (κ3) is 3.23. The van der Waals surface area contributed by atoms with Crippen LogP contribution in [0.5, 0.6) is 11.5 Å². The smallest absolute Gasteiger partial charge is 0.257 e. The number of benzene rings is 1. The zero-order valence-corrected chi connectivity index (χ0v) is 10.5. The van der Waals surface area contributed by atoms with Gasteiger partial charge in [-0.3, -0.25) is 0 Å². The predicted molar refractivity (Wildman–Crippen MR) is 68.6 cm³/mol. The van der Waals surface area contributed by atoms with Crippen LogP contribution in [0.4, 0.5) is 0 Å². The van der Waals surface area contributed by atoms with Crippen LogP contribution in [0.1, 0.15) is 6.42 Å². The zero-order valence-electron chi connectivity index (χ0n) is 9.64. The van der Waals surface area contributed by atoms with Gasteiger partial charge in [0, 0.05) is 13.0 Å². The second-order valence-electron chi connectivity index (χ2n) is 3.70. The molecule has 1 aliphatic heterocycles. The van der Waals surface area contributed by atoms with E-state index in [2.05, 4.69) is 5.32 Å². The predicted octanol–water partition coefficient (Wildman–Crippen LogP) is 1.74. The van der Waals surface area contributed by atoms with Gasteiger partial charge < -0.3 is 19.5 Å². The highest BCUT2D eigenvalue weighted by Crippen LogP contribution is 2.26. The molecule has 0 spiro atoms. The molecule has 1 fully saturated rings. The van der Waals surface area contributed by atoms with Crippen molar-refractivity contribution in [1.82, 2.24) is 5.32 Å². The third-order valence-corrected chi connectivity index (χ3v) is 2.74. The van der Waals surface area contributed by atoms with Crippen LogP contribution in [0, 0.1) is 0 Å². The largest absolute Gasteiger partial charge is 0.493 e. The Kier molecular flexibility index (Phi) is 4.03. The molecule has 1 aliphatic rings. The SMILES string of the molecule is COc1ccccc1OCC1CCNC(=S)O1. The average Bonchev–Trinajstić information content (AvgIpc) is 2.37. The van der Waals surface area contributed by atoms with E-state index in [9.17, 15) is 0 Å². The Morgan fingerprint density at radius 2 is 2.18 bits per heavy atom. The Balaban J connectivity index is 1.90.